The minimum atomic E-state index is 0.147. The van der Waals surface area contributed by atoms with Crippen molar-refractivity contribution >= 4 is 5.91 Å². The third kappa shape index (κ3) is 5.38. The number of carbonyl (C=O) groups is 1. The van der Waals surface area contributed by atoms with E-state index in [2.05, 4.69) is 0 Å². The molecule has 1 unspecified atom stereocenters. The van der Waals surface area contributed by atoms with Gasteiger partial charge in [0.2, 0.25) is 5.91 Å². The van der Waals surface area contributed by atoms with Gasteiger partial charge in [-0.15, -0.1) is 0 Å². The molecule has 1 amide bonds. The fourth-order valence-corrected chi connectivity index (χ4v) is 2.65. The summed E-state index contributed by atoms with van der Waals surface area (Å²) >= 11 is 0. The molecule has 1 aromatic carbocycles. The van der Waals surface area contributed by atoms with Crippen molar-refractivity contribution < 1.29 is 14.6 Å². The fraction of sp³-hybridized carbons (Fsp3) is 0.588. The Morgan fingerprint density at radius 3 is 3.00 bits per heavy atom. The van der Waals surface area contributed by atoms with E-state index in [1.54, 1.807) is 23.1 Å². The summed E-state index contributed by atoms with van der Waals surface area (Å²) in [5, 5.41) is 9.41. The SMILES string of the molecule is CN(CCC1CCCCO1)C(=O)CCc1cccc(O)c1. The number of aromatic hydroxyl groups is 1. The van der Waals surface area contributed by atoms with Crippen molar-refractivity contribution in [3.63, 3.8) is 0 Å². The minimum absolute atomic E-state index is 0.147. The summed E-state index contributed by atoms with van der Waals surface area (Å²) in [5.41, 5.74) is 0.993. The monoisotopic (exact) mass is 291 g/mol. The Bertz CT molecular complexity index is 455. The van der Waals surface area contributed by atoms with Gasteiger partial charge in [0.25, 0.3) is 0 Å². The summed E-state index contributed by atoms with van der Waals surface area (Å²) in [6, 6.07) is 7.09. The van der Waals surface area contributed by atoms with E-state index in [0.29, 0.717) is 18.9 Å². The maximum Gasteiger partial charge on any atom is 0.222 e. The smallest absolute Gasteiger partial charge is 0.222 e. The van der Waals surface area contributed by atoms with E-state index in [1.807, 2.05) is 13.1 Å². The van der Waals surface area contributed by atoms with E-state index >= 15 is 0 Å². The van der Waals surface area contributed by atoms with Crippen molar-refractivity contribution in [2.45, 2.75) is 44.6 Å². The molecule has 1 aromatic rings. The molecule has 116 valence electrons. The van der Waals surface area contributed by atoms with Crippen LogP contribution in [0.1, 0.15) is 37.7 Å². The maximum absolute atomic E-state index is 12.1. The molecular formula is C17H25NO3. The van der Waals surface area contributed by atoms with Crippen LogP contribution >= 0.6 is 0 Å². The lowest BCUT2D eigenvalue weighted by molar-refractivity contribution is -0.130. The number of hydrogen-bond donors (Lipinski definition) is 1. The van der Waals surface area contributed by atoms with Gasteiger partial charge in [-0.2, -0.15) is 0 Å². The van der Waals surface area contributed by atoms with Crippen LogP contribution in [0.4, 0.5) is 0 Å². The zero-order valence-electron chi connectivity index (χ0n) is 12.8. The molecule has 4 nitrogen and oxygen atoms in total. The second-order valence-electron chi connectivity index (χ2n) is 5.76. The van der Waals surface area contributed by atoms with E-state index in [-0.39, 0.29) is 11.7 Å². The predicted octanol–water partition coefficient (Wildman–Crippen LogP) is 2.74. The van der Waals surface area contributed by atoms with Crippen LogP contribution in [0.2, 0.25) is 0 Å². The van der Waals surface area contributed by atoms with E-state index < -0.39 is 0 Å². The lowest BCUT2D eigenvalue weighted by Crippen LogP contribution is -2.31. The first-order chi connectivity index (χ1) is 10.1. The summed E-state index contributed by atoms with van der Waals surface area (Å²) in [6.45, 7) is 1.61. The Morgan fingerprint density at radius 2 is 2.29 bits per heavy atom. The van der Waals surface area contributed by atoms with Crippen LogP contribution in [0.5, 0.6) is 5.75 Å². The van der Waals surface area contributed by atoms with Crippen LogP contribution < -0.4 is 0 Å². The van der Waals surface area contributed by atoms with Crippen LogP contribution in [-0.4, -0.2) is 42.2 Å². The maximum atomic E-state index is 12.1. The number of phenols is 1. The second-order valence-corrected chi connectivity index (χ2v) is 5.76. The molecule has 2 rings (SSSR count). The van der Waals surface area contributed by atoms with Gasteiger partial charge in [-0.1, -0.05) is 12.1 Å². The zero-order chi connectivity index (χ0) is 15.1. The quantitative estimate of drug-likeness (QED) is 0.876. The molecule has 1 fully saturated rings. The zero-order valence-corrected chi connectivity index (χ0v) is 12.8. The number of amides is 1. The lowest BCUT2D eigenvalue weighted by atomic mass is 10.1. The fourth-order valence-electron chi connectivity index (χ4n) is 2.65. The van der Waals surface area contributed by atoms with Gasteiger partial charge in [0.1, 0.15) is 5.75 Å². The van der Waals surface area contributed by atoms with Gasteiger partial charge in [-0.3, -0.25) is 4.79 Å². The molecule has 4 heteroatoms. The van der Waals surface area contributed by atoms with Crippen molar-refractivity contribution in [1.29, 1.82) is 0 Å². The van der Waals surface area contributed by atoms with Gasteiger partial charge in [0, 0.05) is 26.6 Å². The number of carbonyl (C=O) groups excluding carboxylic acids is 1. The van der Waals surface area contributed by atoms with Gasteiger partial charge < -0.3 is 14.7 Å². The van der Waals surface area contributed by atoms with Crippen LogP contribution in [0, 0.1) is 0 Å². The van der Waals surface area contributed by atoms with Gasteiger partial charge in [-0.05, 0) is 49.8 Å². The topological polar surface area (TPSA) is 49.8 Å². The summed E-state index contributed by atoms with van der Waals surface area (Å²) in [4.78, 5) is 13.9. The lowest BCUT2D eigenvalue weighted by Gasteiger charge is -2.25. The van der Waals surface area contributed by atoms with Gasteiger partial charge in [0.15, 0.2) is 0 Å². The summed E-state index contributed by atoms with van der Waals surface area (Å²) in [5.74, 6) is 0.400. The largest absolute Gasteiger partial charge is 0.508 e. The van der Waals surface area contributed by atoms with E-state index in [4.69, 9.17) is 4.74 Å². The Kier molecular flexibility index (Phi) is 6.05. The number of phenolic OH excluding ortho intramolecular Hbond substituents is 1. The highest BCUT2D eigenvalue weighted by molar-refractivity contribution is 5.76. The molecular weight excluding hydrogens is 266 g/mol. The molecule has 0 aliphatic carbocycles. The van der Waals surface area contributed by atoms with Gasteiger partial charge in [-0.25, -0.2) is 0 Å². The number of hydrogen-bond acceptors (Lipinski definition) is 3. The highest BCUT2D eigenvalue weighted by Crippen LogP contribution is 2.16. The summed E-state index contributed by atoms with van der Waals surface area (Å²) in [7, 11) is 1.85. The molecule has 0 aromatic heterocycles. The van der Waals surface area contributed by atoms with Gasteiger partial charge in [0.05, 0.1) is 6.10 Å². The molecule has 1 aliphatic heterocycles. The molecule has 0 bridgehead atoms. The number of benzene rings is 1. The van der Waals surface area contributed by atoms with E-state index in [1.165, 1.54) is 6.42 Å². The highest BCUT2D eigenvalue weighted by Gasteiger charge is 2.16. The predicted molar refractivity (Wildman–Crippen MR) is 82.3 cm³/mol. The molecule has 0 saturated carbocycles. The minimum Gasteiger partial charge on any atom is -0.508 e. The molecule has 1 aliphatic rings. The third-order valence-electron chi connectivity index (χ3n) is 4.02. The van der Waals surface area contributed by atoms with Crippen molar-refractivity contribution in [2.24, 2.45) is 0 Å². The number of ether oxygens (including phenoxy) is 1. The first-order valence-corrected chi connectivity index (χ1v) is 7.78. The van der Waals surface area contributed by atoms with Crippen LogP contribution in [-0.2, 0) is 16.0 Å². The molecule has 0 radical (unpaired) electrons. The van der Waals surface area contributed by atoms with Crippen molar-refractivity contribution in [3.05, 3.63) is 29.8 Å². The normalized spacial score (nSPS) is 18.4. The van der Waals surface area contributed by atoms with Crippen LogP contribution in [0.25, 0.3) is 0 Å². The Labute approximate surface area is 126 Å². The molecule has 1 N–H and O–H groups in total. The third-order valence-corrected chi connectivity index (χ3v) is 4.02. The van der Waals surface area contributed by atoms with E-state index in [0.717, 1.165) is 38.0 Å². The van der Waals surface area contributed by atoms with Crippen LogP contribution in [0.15, 0.2) is 24.3 Å². The number of nitrogens with zero attached hydrogens (tertiary/aromatic N) is 1. The summed E-state index contributed by atoms with van der Waals surface area (Å²) in [6.07, 6.45) is 5.90. The average Bonchev–Trinajstić information content (AvgIpc) is 2.51. The Hall–Kier alpha value is -1.55. The second kappa shape index (κ2) is 8.03. The van der Waals surface area contributed by atoms with Gasteiger partial charge >= 0.3 is 0 Å². The molecule has 1 atom stereocenters. The average molecular weight is 291 g/mol. The summed E-state index contributed by atoms with van der Waals surface area (Å²) < 4.78 is 5.68. The molecule has 21 heavy (non-hydrogen) atoms. The van der Waals surface area contributed by atoms with Crippen LogP contribution in [0.3, 0.4) is 0 Å². The number of aryl methyl sites for hydroxylation is 1. The first kappa shape index (κ1) is 15.8. The highest BCUT2D eigenvalue weighted by atomic mass is 16.5. The number of rotatable bonds is 6. The standard InChI is InChI=1S/C17H25NO3/c1-18(11-10-16-7-2-3-12-21-16)17(20)9-8-14-5-4-6-15(19)13-14/h4-6,13,16,19H,2-3,7-12H2,1H3. The Balaban J connectivity index is 1.69. The molecule has 1 heterocycles. The van der Waals surface area contributed by atoms with Crippen molar-refractivity contribution in [3.8, 4) is 5.75 Å². The Morgan fingerprint density at radius 1 is 1.43 bits per heavy atom. The first-order valence-electron chi connectivity index (χ1n) is 7.78. The van der Waals surface area contributed by atoms with E-state index in [9.17, 15) is 9.90 Å². The molecule has 1 saturated heterocycles. The van der Waals surface area contributed by atoms with Crippen molar-refractivity contribution in [1.82, 2.24) is 4.90 Å². The molecule has 0 spiro atoms. The van der Waals surface area contributed by atoms with Crippen molar-refractivity contribution in [2.75, 3.05) is 20.2 Å².